The SMILES string of the molecule is O=C(O)CC1C(=O)NN=C2c3ccc(F)cc3N=CN21. The van der Waals surface area contributed by atoms with E-state index in [-0.39, 0.29) is 6.42 Å². The van der Waals surface area contributed by atoms with E-state index in [1.54, 1.807) is 0 Å². The molecule has 0 spiro atoms. The minimum absolute atomic E-state index is 0.348. The lowest BCUT2D eigenvalue weighted by Crippen LogP contribution is -2.54. The summed E-state index contributed by atoms with van der Waals surface area (Å²) in [6.45, 7) is 0. The average Bonchev–Trinajstić information content (AvgIpc) is 2.40. The Bertz CT molecular complexity index is 671. The molecule has 1 unspecified atom stereocenters. The summed E-state index contributed by atoms with van der Waals surface area (Å²) in [6, 6.07) is 3.06. The Hall–Kier alpha value is -2.77. The number of halogens is 1. The first kappa shape index (κ1) is 12.3. The molecule has 0 radical (unpaired) electrons. The summed E-state index contributed by atoms with van der Waals surface area (Å²) in [7, 11) is 0. The molecule has 1 aromatic carbocycles. The van der Waals surface area contributed by atoms with E-state index in [1.807, 2.05) is 0 Å². The van der Waals surface area contributed by atoms with Crippen LogP contribution in [0, 0.1) is 5.82 Å². The van der Waals surface area contributed by atoms with Crippen molar-refractivity contribution < 1.29 is 19.1 Å². The van der Waals surface area contributed by atoms with Crippen LogP contribution >= 0.6 is 0 Å². The van der Waals surface area contributed by atoms with Gasteiger partial charge in [0, 0.05) is 11.6 Å². The number of fused-ring (bicyclic) bond motifs is 3. The number of carboxylic acid groups (broad SMARTS) is 1. The van der Waals surface area contributed by atoms with Gasteiger partial charge in [0.2, 0.25) is 0 Å². The van der Waals surface area contributed by atoms with Crippen molar-refractivity contribution in [1.29, 1.82) is 0 Å². The number of hydrogen-bond donors (Lipinski definition) is 2. The molecular formula is C12H9FN4O3. The number of amides is 1. The zero-order valence-electron chi connectivity index (χ0n) is 10.1. The molecule has 2 heterocycles. The molecule has 0 saturated heterocycles. The lowest BCUT2D eigenvalue weighted by atomic mass is 10.1. The van der Waals surface area contributed by atoms with Crippen LogP contribution in [0.25, 0.3) is 0 Å². The molecule has 102 valence electrons. The van der Waals surface area contributed by atoms with Gasteiger partial charge in [0.05, 0.1) is 18.4 Å². The number of aliphatic carboxylic acids is 1. The lowest BCUT2D eigenvalue weighted by molar-refractivity contribution is -0.140. The van der Waals surface area contributed by atoms with Gasteiger partial charge in [0.1, 0.15) is 11.9 Å². The van der Waals surface area contributed by atoms with Gasteiger partial charge in [0.15, 0.2) is 5.84 Å². The quantitative estimate of drug-likeness (QED) is 0.819. The van der Waals surface area contributed by atoms with Gasteiger partial charge >= 0.3 is 5.97 Å². The van der Waals surface area contributed by atoms with Gasteiger partial charge in [0.25, 0.3) is 5.91 Å². The van der Waals surface area contributed by atoms with Crippen molar-refractivity contribution in [3.8, 4) is 0 Å². The van der Waals surface area contributed by atoms with Crippen LogP contribution in [0.5, 0.6) is 0 Å². The van der Waals surface area contributed by atoms with Crippen LogP contribution in [-0.4, -0.2) is 40.1 Å². The number of carbonyl (C=O) groups is 2. The zero-order valence-corrected chi connectivity index (χ0v) is 10.1. The minimum Gasteiger partial charge on any atom is -0.481 e. The summed E-state index contributed by atoms with van der Waals surface area (Å²) in [6.07, 6.45) is 0.917. The normalized spacial score (nSPS) is 19.9. The molecule has 3 rings (SSSR count). The van der Waals surface area contributed by atoms with Crippen LogP contribution in [-0.2, 0) is 9.59 Å². The standard InChI is InChI=1S/C12H9FN4O3/c13-6-1-2-7-8(3-6)14-5-17-9(4-10(18)19)12(20)16-15-11(7)17/h1-3,5,9H,4H2,(H,16,20)(H,18,19). The van der Waals surface area contributed by atoms with Gasteiger partial charge in [-0.25, -0.2) is 14.8 Å². The maximum absolute atomic E-state index is 13.2. The predicted molar refractivity (Wildman–Crippen MR) is 67.1 cm³/mol. The Morgan fingerprint density at radius 1 is 1.50 bits per heavy atom. The first-order valence-electron chi connectivity index (χ1n) is 5.78. The fourth-order valence-electron chi connectivity index (χ4n) is 2.13. The Morgan fingerprint density at radius 2 is 2.30 bits per heavy atom. The van der Waals surface area contributed by atoms with Crippen molar-refractivity contribution >= 4 is 29.7 Å². The number of aliphatic imine (C=N–C) groups is 1. The Kier molecular flexibility index (Phi) is 2.70. The lowest BCUT2D eigenvalue weighted by Gasteiger charge is -2.34. The first-order valence-corrected chi connectivity index (χ1v) is 5.78. The monoisotopic (exact) mass is 276 g/mol. The van der Waals surface area contributed by atoms with Crippen LogP contribution in [0.2, 0.25) is 0 Å². The Balaban J connectivity index is 2.04. The predicted octanol–water partition coefficient (Wildman–Crippen LogP) is 0.436. The van der Waals surface area contributed by atoms with Gasteiger partial charge in [-0.15, -0.1) is 0 Å². The number of amidine groups is 1. The molecule has 0 saturated carbocycles. The maximum atomic E-state index is 13.2. The zero-order chi connectivity index (χ0) is 14.3. The van der Waals surface area contributed by atoms with Crippen LogP contribution in [0.4, 0.5) is 10.1 Å². The molecule has 7 nitrogen and oxygen atoms in total. The van der Waals surface area contributed by atoms with Crippen molar-refractivity contribution in [2.75, 3.05) is 0 Å². The summed E-state index contributed by atoms with van der Waals surface area (Å²) >= 11 is 0. The van der Waals surface area contributed by atoms with Gasteiger partial charge in [-0.2, -0.15) is 5.10 Å². The third-order valence-corrected chi connectivity index (χ3v) is 3.04. The fourth-order valence-corrected chi connectivity index (χ4v) is 2.13. The van der Waals surface area contributed by atoms with Crippen LogP contribution in [0.3, 0.4) is 0 Å². The van der Waals surface area contributed by atoms with Crippen molar-refractivity contribution in [2.24, 2.45) is 10.1 Å². The highest BCUT2D eigenvalue weighted by Crippen LogP contribution is 2.28. The fraction of sp³-hybridized carbons (Fsp3) is 0.167. The molecule has 1 aromatic rings. The number of nitrogens with one attached hydrogen (secondary N) is 1. The molecule has 2 N–H and O–H groups in total. The highest BCUT2D eigenvalue weighted by molar-refractivity contribution is 6.14. The Morgan fingerprint density at radius 3 is 3.05 bits per heavy atom. The minimum atomic E-state index is -1.11. The molecule has 1 amide bonds. The van der Waals surface area contributed by atoms with Crippen LogP contribution < -0.4 is 5.43 Å². The molecule has 2 aliphatic heterocycles. The number of carbonyl (C=O) groups excluding carboxylic acids is 1. The van der Waals surface area contributed by atoms with E-state index in [4.69, 9.17) is 5.11 Å². The van der Waals surface area contributed by atoms with Gasteiger partial charge in [-0.3, -0.25) is 9.59 Å². The Labute approximate surface area is 112 Å². The second kappa shape index (κ2) is 4.41. The van der Waals surface area contributed by atoms with E-state index in [0.717, 1.165) is 0 Å². The number of benzene rings is 1. The molecular weight excluding hydrogens is 267 g/mol. The van der Waals surface area contributed by atoms with E-state index in [1.165, 1.54) is 29.4 Å². The first-order chi connectivity index (χ1) is 9.56. The van der Waals surface area contributed by atoms with Crippen LogP contribution in [0.15, 0.2) is 28.3 Å². The third kappa shape index (κ3) is 1.91. The number of carboxylic acids is 1. The number of nitrogens with zero attached hydrogens (tertiary/aromatic N) is 3. The summed E-state index contributed by atoms with van der Waals surface area (Å²) in [5.74, 6) is -1.71. The van der Waals surface area contributed by atoms with Gasteiger partial charge in [-0.05, 0) is 12.1 Å². The molecule has 1 atom stereocenters. The van der Waals surface area contributed by atoms with E-state index in [9.17, 15) is 14.0 Å². The second-order valence-corrected chi connectivity index (χ2v) is 4.34. The van der Waals surface area contributed by atoms with Crippen molar-refractivity contribution in [2.45, 2.75) is 12.5 Å². The number of hydrogen-bond acceptors (Lipinski definition) is 5. The maximum Gasteiger partial charge on any atom is 0.306 e. The van der Waals surface area contributed by atoms with E-state index in [0.29, 0.717) is 17.1 Å². The summed E-state index contributed by atoms with van der Waals surface area (Å²) < 4.78 is 13.2. The molecule has 0 aliphatic carbocycles. The molecule has 0 bridgehead atoms. The summed E-state index contributed by atoms with van der Waals surface area (Å²) in [5.41, 5.74) is 3.19. The van der Waals surface area contributed by atoms with Gasteiger partial charge < -0.3 is 10.0 Å². The van der Waals surface area contributed by atoms with Crippen molar-refractivity contribution in [3.63, 3.8) is 0 Å². The van der Waals surface area contributed by atoms with E-state index in [2.05, 4.69) is 15.5 Å². The summed E-state index contributed by atoms with van der Waals surface area (Å²) in [4.78, 5) is 28.0. The highest BCUT2D eigenvalue weighted by Gasteiger charge is 2.36. The third-order valence-electron chi connectivity index (χ3n) is 3.04. The smallest absolute Gasteiger partial charge is 0.306 e. The van der Waals surface area contributed by atoms with Crippen LogP contribution in [0.1, 0.15) is 12.0 Å². The van der Waals surface area contributed by atoms with Gasteiger partial charge in [-0.1, -0.05) is 0 Å². The molecule has 0 fully saturated rings. The second-order valence-electron chi connectivity index (χ2n) is 4.34. The molecule has 0 aromatic heterocycles. The van der Waals surface area contributed by atoms with E-state index < -0.39 is 23.7 Å². The van der Waals surface area contributed by atoms with E-state index >= 15 is 0 Å². The molecule has 20 heavy (non-hydrogen) atoms. The number of rotatable bonds is 2. The highest BCUT2D eigenvalue weighted by atomic mass is 19.1. The van der Waals surface area contributed by atoms with Crippen molar-refractivity contribution in [1.82, 2.24) is 10.3 Å². The largest absolute Gasteiger partial charge is 0.481 e. The molecule has 2 aliphatic rings. The van der Waals surface area contributed by atoms with Crippen molar-refractivity contribution in [3.05, 3.63) is 29.6 Å². The summed E-state index contributed by atoms with van der Waals surface area (Å²) in [5, 5.41) is 12.8. The molecule has 8 heteroatoms. The average molecular weight is 276 g/mol. The topological polar surface area (TPSA) is 94.4 Å². The number of hydrazone groups is 1.